The molecule has 3 aromatic rings. The number of hydrogen-bond acceptors (Lipinski definition) is 5. The average molecular weight is 502 g/mol. The Morgan fingerprint density at radius 3 is 2.46 bits per heavy atom. The van der Waals surface area contributed by atoms with E-state index < -0.39 is 17.7 Å². The zero-order chi connectivity index (χ0) is 26.7. The highest BCUT2D eigenvalue weighted by molar-refractivity contribution is 6.46. The second kappa shape index (κ2) is 10.8. The maximum absolute atomic E-state index is 13.5. The minimum Gasteiger partial charge on any atom is -0.507 e. The van der Waals surface area contributed by atoms with E-state index in [1.807, 2.05) is 61.5 Å². The number of methoxy groups -OCH3 is 1. The second-order valence-electron chi connectivity index (χ2n) is 10.3. The van der Waals surface area contributed by atoms with Gasteiger partial charge in [0.25, 0.3) is 11.7 Å². The summed E-state index contributed by atoms with van der Waals surface area (Å²) in [7, 11) is 1.61. The quantitative estimate of drug-likeness (QED) is 0.177. The predicted octanol–water partition coefficient (Wildman–Crippen LogP) is 5.99. The number of carbonyl (C=O) groups is 2. The monoisotopic (exact) mass is 501 g/mol. The van der Waals surface area contributed by atoms with Crippen LogP contribution in [0.1, 0.15) is 56.8 Å². The van der Waals surface area contributed by atoms with Gasteiger partial charge in [-0.3, -0.25) is 9.59 Å². The number of rotatable bonds is 8. The number of likely N-dealkylation sites (tertiary alicyclic amines) is 1. The molecule has 3 aromatic carbocycles. The van der Waals surface area contributed by atoms with E-state index in [1.165, 1.54) is 0 Å². The normalized spacial score (nSPS) is 17.5. The highest BCUT2D eigenvalue weighted by atomic mass is 16.5. The Bertz CT molecular complexity index is 1350. The van der Waals surface area contributed by atoms with Gasteiger partial charge >= 0.3 is 0 Å². The van der Waals surface area contributed by atoms with Crippen LogP contribution in [0.5, 0.6) is 5.75 Å². The van der Waals surface area contributed by atoms with Crippen molar-refractivity contribution in [3.8, 4) is 5.75 Å². The third kappa shape index (κ3) is 5.12. The number of aliphatic hydroxyl groups excluding tert-OH is 1. The fourth-order valence-electron chi connectivity index (χ4n) is 5.00. The Morgan fingerprint density at radius 1 is 1.03 bits per heavy atom. The number of Topliss-reactive ketones (excluding diaryl/α,β-unsaturated/α-hetero) is 1. The molecule has 1 aliphatic heterocycles. The molecule has 1 aliphatic rings. The maximum Gasteiger partial charge on any atom is 0.295 e. The topological polar surface area (TPSA) is 76.1 Å². The molecule has 1 heterocycles. The lowest BCUT2D eigenvalue weighted by Crippen LogP contribution is -2.31. The molecular weight excluding hydrogens is 466 g/mol. The van der Waals surface area contributed by atoms with E-state index in [0.717, 1.165) is 27.6 Å². The Morgan fingerprint density at radius 2 is 1.76 bits per heavy atom. The van der Waals surface area contributed by atoms with Crippen LogP contribution in [0, 0.1) is 0 Å². The van der Waals surface area contributed by atoms with Crippen LogP contribution in [-0.4, -0.2) is 48.6 Å². The smallest absolute Gasteiger partial charge is 0.295 e. The molecule has 4 rings (SSSR count). The van der Waals surface area contributed by atoms with Gasteiger partial charge in [0.05, 0.1) is 18.2 Å². The minimum absolute atomic E-state index is 0.0998. The molecule has 37 heavy (non-hydrogen) atoms. The molecule has 0 saturated carbocycles. The van der Waals surface area contributed by atoms with Gasteiger partial charge in [0.2, 0.25) is 0 Å². The van der Waals surface area contributed by atoms with Gasteiger partial charge < -0.3 is 19.5 Å². The SMILES string of the molecule is CCOc1ccc(/C(O)=C2\C(=O)C(=O)N(CCCOC)C2c2cccc3ccccc23)cc1C(C)(C)C. The molecule has 0 aromatic heterocycles. The van der Waals surface area contributed by atoms with Crippen molar-refractivity contribution in [1.29, 1.82) is 0 Å². The van der Waals surface area contributed by atoms with Crippen molar-refractivity contribution in [2.75, 3.05) is 26.9 Å². The number of ketones is 1. The Labute approximate surface area is 218 Å². The summed E-state index contributed by atoms with van der Waals surface area (Å²) in [5.41, 5.74) is 2.03. The van der Waals surface area contributed by atoms with Gasteiger partial charge in [0.1, 0.15) is 11.5 Å². The number of nitrogens with zero attached hydrogens (tertiary/aromatic N) is 1. The average Bonchev–Trinajstić information content (AvgIpc) is 3.12. The summed E-state index contributed by atoms with van der Waals surface area (Å²) in [6, 6.07) is 18.4. The van der Waals surface area contributed by atoms with Crippen LogP contribution >= 0.6 is 0 Å². The van der Waals surface area contributed by atoms with E-state index in [1.54, 1.807) is 18.1 Å². The Balaban J connectivity index is 1.93. The van der Waals surface area contributed by atoms with Gasteiger partial charge in [-0.1, -0.05) is 63.2 Å². The molecule has 1 fully saturated rings. The summed E-state index contributed by atoms with van der Waals surface area (Å²) >= 11 is 0. The summed E-state index contributed by atoms with van der Waals surface area (Å²) in [4.78, 5) is 28.3. The summed E-state index contributed by atoms with van der Waals surface area (Å²) in [5.74, 6) is -0.743. The number of amides is 1. The van der Waals surface area contributed by atoms with Gasteiger partial charge in [0.15, 0.2) is 0 Å². The Hall–Kier alpha value is -3.64. The third-order valence-corrected chi connectivity index (χ3v) is 6.77. The van der Waals surface area contributed by atoms with Gasteiger partial charge in [-0.05, 0) is 53.3 Å². The molecule has 1 N–H and O–H groups in total. The van der Waals surface area contributed by atoms with Crippen LogP contribution in [0.4, 0.5) is 0 Å². The van der Waals surface area contributed by atoms with Crippen LogP contribution in [-0.2, 0) is 19.7 Å². The van der Waals surface area contributed by atoms with Crippen molar-refractivity contribution < 1.29 is 24.2 Å². The molecule has 0 aliphatic carbocycles. The summed E-state index contributed by atoms with van der Waals surface area (Å²) < 4.78 is 11.0. The van der Waals surface area contributed by atoms with Crippen LogP contribution in [0.3, 0.4) is 0 Å². The molecule has 0 spiro atoms. The highest BCUT2D eigenvalue weighted by Gasteiger charge is 2.46. The standard InChI is InChI=1S/C31H35NO5/c1-6-37-25-16-15-21(19-24(25)31(2,3)4)28(33)26-27(32(17-10-18-36-5)30(35)29(26)34)23-14-9-12-20-11-7-8-13-22(20)23/h7-9,11-16,19,27,33H,6,10,17-18H2,1-5H3/b28-26+. The van der Waals surface area contributed by atoms with E-state index >= 15 is 0 Å². The highest BCUT2D eigenvalue weighted by Crippen LogP contribution is 2.43. The number of fused-ring (bicyclic) bond motifs is 1. The van der Waals surface area contributed by atoms with Crippen molar-refractivity contribution in [1.82, 2.24) is 4.90 Å². The predicted molar refractivity (Wildman–Crippen MR) is 146 cm³/mol. The first-order valence-electron chi connectivity index (χ1n) is 12.7. The molecule has 0 bridgehead atoms. The van der Waals surface area contributed by atoms with Crippen molar-refractivity contribution >= 4 is 28.2 Å². The van der Waals surface area contributed by atoms with E-state index in [0.29, 0.717) is 31.7 Å². The maximum atomic E-state index is 13.5. The fourth-order valence-corrected chi connectivity index (χ4v) is 5.00. The number of ether oxygens (including phenoxy) is 2. The third-order valence-electron chi connectivity index (χ3n) is 6.77. The zero-order valence-corrected chi connectivity index (χ0v) is 22.2. The molecule has 6 nitrogen and oxygen atoms in total. The van der Waals surface area contributed by atoms with Crippen LogP contribution < -0.4 is 4.74 Å². The zero-order valence-electron chi connectivity index (χ0n) is 22.2. The molecule has 1 unspecified atom stereocenters. The van der Waals surface area contributed by atoms with Gasteiger partial charge in [-0.15, -0.1) is 0 Å². The van der Waals surface area contributed by atoms with Crippen molar-refractivity contribution in [2.45, 2.75) is 45.6 Å². The molecule has 6 heteroatoms. The molecule has 1 saturated heterocycles. The lowest BCUT2D eigenvalue weighted by molar-refractivity contribution is -0.140. The molecule has 0 radical (unpaired) electrons. The van der Waals surface area contributed by atoms with Gasteiger partial charge in [-0.25, -0.2) is 0 Å². The molecule has 1 atom stereocenters. The van der Waals surface area contributed by atoms with Crippen LogP contribution in [0.2, 0.25) is 0 Å². The van der Waals surface area contributed by atoms with E-state index in [9.17, 15) is 14.7 Å². The van der Waals surface area contributed by atoms with E-state index in [-0.39, 0.29) is 16.7 Å². The lowest BCUT2D eigenvalue weighted by Gasteiger charge is -2.27. The van der Waals surface area contributed by atoms with Crippen molar-refractivity contribution in [3.05, 3.63) is 82.9 Å². The molecule has 1 amide bonds. The first kappa shape index (κ1) is 26.4. The molecule has 194 valence electrons. The number of benzene rings is 3. The largest absolute Gasteiger partial charge is 0.507 e. The Kier molecular flexibility index (Phi) is 7.69. The van der Waals surface area contributed by atoms with Crippen LogP contribution in [0.15, 0.2) is 66.2 Å². The molecular formula is C31H35NO5. The van der Waals surface area contributed by atoms with Gasteiger partial charge in [-0.2, -0.15) is 0 Å². The minimum atomic E-state index is -0.715. The van der Waals surface area contributed by atoms with Crippen LogP contribution in [0.25, 0.3) is 16.5 Å². The van der Waals surface area contributed by atoms with E-state index in [2.05, 4.69) is 20.8 Å². The lowest BCUT2D eigenvalue weighted by atomic mass is 9.84. The second-order valence-corrected chi connectivity index (χ2v) is 10.3. The number of carbonyl (C=O) groups excluding carboxylic acids is 2. The fraction of sp³-hybridized carbons (Fsp3) is 0.355. The van der Waals surface area contributed by atoms with Crippen molar-refractivity contribution in [2.24, 2.45) is 0 Å². The first-order chi connectivity index (χ1) is 17.7. The van der Waals surface area contributed by atoms with E-state index in [4.69, 9.17) is 9.47 Å². The first-order valence-corrected chi connectivity index (χ1v) is 12.7. The van der Waals surface area contributed by atoms with Gasteiger partial charge in [0, 0.05) is 31.4 Å². The number of aliphatic hydroxyl groups is 1. The summed E-state index contributed by atoms with van der Waals surface area (Å²) in [6.07, 6.45) is 0.571. The summed E-state index contributed by atoms with van der Waals surface area (Å²) in [5, 5.41) is 13.6. The van der Waals surface area contributed by atoms with Crippen molar-refractivity contribution in [3.63, 3.8) is 0 Å². The number of hydrogen-bond donors (Lipinski definition) is 1. The summed E-state index contributed by atoms with van der Waals surface area (Å²) in [6.45, 7) is 9.44.